The van der Waals surface area contributed by atoms with Crippen molar-refractivity contribution in [2.75, 3.05) is 0 Å². The molecule has 0 N–H and O–H groups in total. The molecule has 21 heavy (non-hydrogen) atoms. The number of benzene rings is 2. The van der Waals surface area contributed by atoms with E-state index in [1.165, 1.54) is 0 Å². The minimum absolute atomic E-state index is 0.694. The smallest absolute Gasteiger partial charge is 0.408 e. The number of hydrogen-bond acceptors (Lipinski definition) is 4. The first-order valence-corrected chi connectivity index (χ1v) is 9.61. The first-order chi connectivity index (χ1) is 10.2. The fourth-order valence-corrected chi connectivity index (χ4v) is 2.64. The van der Waals surface area contributed by atoms with Gasteiger partial charge in [0.25, 0.3) is 0 Å². The van der Waals surface area contributed by atoms with Crippen molar-refractivity contribution < 1.29 is 9.05 Å². The van der Waals surface area contributed by atoms with Gasteiger partial charge in [-0.1, -0.05) is 71.0 Å². The van der Waals surface area contributed by atoms with E-state index in [4.69, 9.17) is 9.05 Å². The van der Waals surface area contributed by atoms with Crippen LogP contribution in [0.3, 0.4) is 0 Å². The van der Waals surface area contributed by atoms with Crippen molar-refractivity contribution in [1.82, 2.24) is 0 Å². The zero-order valence-corrected chi connectivity index (χ0v) is 13.0. The molecule has 3 rings (SSSR count). The van der Waals surface area contributed by atoms with Crippen molar-refractivity contribution in [3.05, 3.63) is 71.8 Å². The summed E-state index contributed by atoms with van der Waals surface area (Å²) in [6.45, 7) is 3.83. The monoisotopic (exact) mass is 296 g/mol. The third-order valence-corrected chi connectivity index (χ3v) is 4.09. The molecule has 106 valence electrons. The van der Waals surface area contributed by atoms with Gasteiger partial charge in [0.05, 0.1) is 0 Å². The van der Waals surface area contributed by atoms with Crippen LogP contribution in [0.4, 0.5) is 0 Å². The maximum atomic E-state index is 5.60. The molecule has 1 aliphatic rings. The molecule has 0 saturated carbocycles. The molecule has 2 aromatic rings. The summed E-state index contributed by atoms with van der Waals surface area (Å²) in [4.78, 5) is 0. The van der Waals surface area contributed by atoms with Crippen LogP contribution in [-0.2, 0) is 9.05 Å². The van der Waals surface area contributed by atoms with E-state index >= 15 is 0 Å². The van der Waals surface area contributed by atoms with E-state index in [1.54, 1.807) is 0 Å². The topological polar surface area (TPSA) is 43.2 Å². The number of hydrogen-bond donors (Lipinski definition) is 0. The van der Waals surface area contributed by atoms with Crippen molar-refractivity contribution in [2.45, 2.75) is 13.1 Å². The summed E-state index contributed by atoms with van der Waals surface area (Å²) < 4.78 is 11.2. The first-order valence-electron chi connectivity index (χ1n) is 6.79. The molecule has 0 bridgehead atoms. The van der Waals surface area contributed by atoms with Crippen molar-refractivity contribution in [3.8, 4) is 0 Å². The lowest BCUT2D eigenvalue weighted by Crippen LogP contribution is -2.29. The maximum absolute atomic E-state index is 5.60. The molecule has 0 atom stereocenters. The van der Waals surface area contributed by atoms with Gasteiger partial charge in [0.2, 0.25) is 0 Å². The second kappa shape index (κ2) is 5.53. The number of nitrogens with zero attached hydrogens (tertiary/aromatic N) is 2. The van der Waals surface area contributed by atoms with Crippen LogP contribution in [0.1, 0.15) is 11.1 Å². The van der Waals surface area contributed by atoms with Crippen LogP contribution in [0.15, 0.2) is 71.0 Å². The average Bonchev–Trinajstić information content (AvgIpc) is 2.67. The van der Waals surface area contributed by atoms with Crippen molar-refractivity contribution >= 4 is 20.0 Å². The largest absolute Gasteiger partial charge is 0.503 e. The Balaban J connectivity index is 2.11. The summed E-state index contributed by atoms with van der Waals surface area (Å²) in [7, 11) is -2.37. The van der Waals surface area contributed by atoms with Crippen molar-refractivity contribution in [3.63, 3.8) is 0 Å². The van der Waals surface area contributed by atoms with E-state index in [9.17, 15) is 0 Å². The van der Waals surface area contributed by atoms with Crippen LogP contribution in [0.25, 0.3) is 0 Å². The Morgan fingerprint density at radius 3 is 1.43 bits per heavy atom. The van der Waals surface area contributed by atoms with Crippen LogP contribution in [0, 0.1) is 0 Å². The normalized spacial score (nSPS) is 16.9. The lowest BCUT2D eigenvalue weighted by atomic mass is 10.0. The molecular formula is C16H16N2O2Si. The Bertz CT molecular complexity index is 622. The molecule has 5 heteroatoms. The van der Waals surface area contributed by atoms with Gasteiger partial charge in [-0.15, -0.1) is 0 Å². The van der Waals surface area contributed by atoms with Crippen LogP contribution >= 0.6 is 0 Å². The van der Waals surface area contributed by atoms with Crippen LogP contribution in [0.2, 0.25) is 13.1 Å². The molecule has 0 unspecified atom stereocenters. The van der Waals surface area contributed by atoms with Crippen molar-refractivity contribution in [2.24, 2.45) is 10.3 Å². The van der Waals surface area contributed by atoms with Gasteiger partial charge in [-0.3, -0.25) is 0 Å². The molecule has 2 aromatic carbocycles. The fourth-order valence-electron chi connectivity index (χ4n) is 1.99. The van der Waals surface area contributed by atoms with Gasteiger partial charge in [0, 0.05) is 24.2 Å². The predicted molar refractivity (Wildman–Crippen MR) is 85.6 cm³/mol. The van der Waals surface area contributed by atoms with Gasteiger partial charge >= 0.3 is 8.56 Å². The summed E-state index contributed by atoms with van der Waals surface area (Å²) in [6, 6.07) is 19.8. The average molecular weight is 296 g/mol. The molecule has 0 radical (unpaired) electrons. The fraction of sp³-hybridized carbons (Fsp3) is 0.125. The number of oxime groups is 2. The Hall–Kier alpha value is -2.40. The SMILES string of the molecule is C[Si]1(C)ON=C(c2ccccc2)C(c2ccccc2)=NO1. The Morgan fingerprint density at radius 1 is 0.667 bits per heavy atom. The molecule has 0 amide bonds. The molecule has 4 nitrogen and oxygen atoms in total. The van der Waals surface area contributed by atoms with Gasteiger partial charge in [-0.05, 0) is 0 Å². The van der Waals surface area contributed by atoms with E-state index in [0.29, 0.717) is 11.4 Å². The highest BCUT2D eigenvalue weighted by Crippen LogP contribution is 2.18. The second-order valence-electron chi connectivity index (χ2n) is 5.19. The maximum Gasteiger partial charge on any atom is 0.503 e. The Labute approximate surface area is 124 Å². The molecule has 0 fully saturated rings. The molecule has 0 aromatic heterocycles. The van der Waals surface area contributed by atoms with Crippen LogP contribution < -0.4 is 0 Å². The number of rotatable bonds is 2. The van der Waals surface area contributed by atoms with E-state index in [0.717, 1.165) is 11.1 Å². The molecule has 0 spiro atoms. The molecule has 1 aliphatic heterocycles. The van der Waals surface area contributed by atoms with E-state index < -0.39 is 8.56 Å². The minimum atomic E-state index is -2.37. The quantitative estimate of drug-likeness (QED) is 0.795. The summed E-state index contributed by atoms with van der Waals surface area (Å²) in [5, 5.41) is 8.65. The third-order valence-electron chi connectivity index (χ3n) is 3.03. The zero-order chi connectivity index (χ0) is 14.7. The standard InChI is InChI=1S/C16H16N2O2Si/c1-21(2)19-17-15(13-9-5-3-6-10-13)16(18-20-21)14-11-7-4-8-12-14/h3-12H,1-2H3. The lowest BCUT2D eigenvalue weighted by Gasteiger charge is -2.13. The minimum Gasteiger partial charge on any atom is -0.408 e. The van der Waals surface area contributed by atoms with E-state index in [2.05, 4.69) is 10.3 Å². The lowest BCUT2D eigenvalue weighted by molar-refractivity contribution is 0.198. The molecule has 1 heterocycles. The Morgan fingerprint density at radius 2 is 1.05 bits per heavy atom. The highest BCUT2D eigenvalue weighted by molar-refractivity contribution is 6.65. The summed E-state index contributed by atoms with van der Waals surface area (Å²) >= 11 is 0. The van der Waals surface area contributed by atoms with Gasteiger partial charge < -0.3 is 9.05 Å². The first kappa shape index (κ1) is 13.6. The van der Waals surface area contributed by atoms with E-state index in [-0.39, 0.29) is 0 Å². The molecule has 0 saturated heterocycles. The van der Waals surface area contributed by atoms with Crippen LogP contribution in [-0.4, -0.2) is 20.0 Å². The predicted octanol–water partition coefficient (Wildman–Crippen LogP) is 3.54. The molecule has 0 aliphatic carbocycles. The van der Waals surface area contributed by atoms with Gasteiger partial charge in [0.1, 0.15) is 11.4 Å². The molecular weight excluding hydrogens is 280 g/mol. The highest BCUT2D eigenvalue weighted by atomic mass is 28.4. The second-order valence-corrected chi connectivity index (χ2v) is 8.36. The van der Waals surface area contributed by atoms with Crippen molar-refractivity contribution in [1.29, 1.82) is 0 Å². The highest BCUT2D eigenvalue weighted by Gasteiger charge is 2.33. The van der Waals surface area contributed by atoms with Gasteiger partial charge in [-0.2, -0.15) is 0 Å². The van der Waals surface area contributed by atoms with Gasteiger partial charge in [-0.25, -0.2) is 0 Å². The summed E-state index contributed by atoms with van der Waals surface area (Å²) in [5.74, 6) is 0. The summed E-state index contributed by atoms with van der Waals surface area (Å²) in [5.41, 5.74) is 3.30. The Kier molecular flexibility index (Phi) is 3.58. The third kappa shape index (κ3) is 3.03. The van der Waals surface area contributed by atoms with Crippen LogP contribution in [0.5, 0.6) is 0 Å². The van der Waals surface area contributed by atoms with E-state index in [1.807, 2.05) is 73.8 Å². The van der Waals surface area contributed by atoms with Gasteiger partial charge in [0.15, 0.2) is 0 Å². The summed E-state index contributed by atoms with van der Waals surface area (Å²) in [6.07, 6.45) is 0. The zero-order valence-electron chi connectivity index (χ0n) is 12.0.